The van der Waals surface area contributed by atoms with Crippen LogP contribution in [0.2, 0.25) is 0 Å². The fourth-order valence-electron chi connectivity index (χ4n) is 1.65. The number of pyridine rings is 1. The van der Waals surface area contributed by atoms with E-state index in [1.54, 1.807) is 18.5 Å². The number of oxime groups is 1. The fraction of sp³-hybridized carbons (Fsp3) is 0.455. The topological polar surface area (TPSA) is 95.0 Å². The minimum atomic E-state index is 0.0304. The molecule has 0 aliphatic carbocycles. The summed E-state index contributed by atoms with van der Waals surface area (Å²) in [7, 11) is 0. The van der Waals surface area contributed by atoms with Crippen molar-refractivity contribution in [1.29, 1.82) is 0 Å². The third-order valence-electron chi connectivity index (χ3n) is 2.46. The Labute approximate surface area is 100 Å². The second-order valence-electron chi connectivity index (χ2n) is 3.89. The first kappa shape index (κ1) is 13.2. The molecule has 1 heterocycles. The highest BCUT2D eigenvalue weighted by molar-refractivity contribution is 6.02. The molecule has 4 N–H and O–H groups in total. The SMILES string of the molecule is CC(C)N(CCO)c1cnccc1/C(N)=N/O. The van der Waals surface area contributed by atoms with Gasteiger partial charge < -0.3 is 20.9 Å². The standard InChI is InChI=1S/C11H18N4O2/c1-8(2)15(5-6-16)10-7-13-4-3-9(10)11(12)14-17/h3-4,7-8,16-17H,5-6H2,1-2H3,(H2,12,14). The smallest absolute Gasteiger partial charge is 0.172 e. The van der Waals surface area contributed by atoms with Crippen LogP contribution >= 0.6 is 0 Å². The molecular weight excluding hydrogens is 220 g/mol. The molecule has 0 saturated heterocycles. The zero-order chi connectivity index (χ0) is 12.8. The summed E-state index contributed by atoms with van der Waals surface area (Å²) in [4.78, 5) is 5.98. The predicted molar refractivity (Wildman–Crippen MR) is 66.3 cm³/mol. The lowest BCUT2D eigenvalue weighted by atomic mass is 10.1. The molecule has 0 fully saturated rings. The summed E-state index contributed by atoms with van der Waals surface area (Å²) >= 11 is 0. The minimum absolute atomic E-state index is 0.0304. The van der Waals surface area contributed by atoms with Gasteiger partial charge >= 0.3 is 0 Å². The van der Waals surface area contributed by atoms with Crippen molar-refractivity contribution in [2.45, 2.75) is 19.9 Å². The van der Waals surface area contributed by atoms with Crippen LogP contribution in [0.15, 0.2) is 23.6 Å². The van der Waals surface area contributed by atoms with E-state index >= 15 is 0 Å². The van der Waals surface area contributed by atoms with Crippen LogP contribution < -0.4 is 10.6 Å². The van der Waals surface area contributed by atoms with Crippen molar-refractivity contribution >= 4 is 11.5 Å². The Bertz CT molecular complexity index is 393. The number of rotatable bonds is 5. The van der Waals surface area contributed by atoms with Gasteiger partial charge in [-0.15, -0.1) is 0 Å². The summed E-state index contributed by atoms with van der Waals surface area (Å²) in [6.07, 6.45) is 3.22. The van der Waals surface area contributed by atoms with E-state index in [0.717, 1.165) is 5.69 Å². The van der Waals surface area contributed by atoms with Crippen LogP contribution in [-0.4, -0.2) is 40.3 Å². The van der Waals surface area contributed by atoms with Crippen LogP contribution in [0, 0.1) is 0 Å². The van der Waals surface area contributed by atoms with Crippen LogP contribution in [0.25, 0.3) is 0 Å². The molecule has 0 amide bonds. The second kappa shape index (κ2) is 6.05. The molecule has 94 valence electrons. The summed E-state index contributed by atoms with van der Waals surface area (Å²) < 4.78 is 0. The van der Waals surface area contributed by atoms with Gasteiger partial charge in [0.25, 0.3) is 0 Å². The molecule has 6 nitrogen and oxygen atoms in total. The van der Waals surface area contributed by atoms with Gasteiger partial charge in [0.05, 0.1) is 18.5 Å². The Hall–Kier alpha value is -1.82. The molecule has 0 atom stereocenters. The van der Waals surface area contributed by atoms with Gasteiger partial charge in [-0.25, -0.2) is 0 Å². The molecule has 6 heteroatoms. The summed E-state index contributed by atoms with van der Waals surface area (Å²) in [5, 5.41) is 20.8. The zero-order valence-corrected chi connectivity index (χ0v) is 10.0. The largest absolute Gasteiger partial charge is 0.409 e. The minimum Gasteiger partial charge on any atom is -0.409 e. The summed E-state index contributed by atoms with van der Waals surface area (Å²) in [5.74, 6) is 0.0333. The van der Waals surface area contributed by atoms with Crippen molar-refractivity contribution in [1.82, 2.24) is 4.98 Å². The molecule has 1 aromatic heterocycles. The first-order valence-corrected chi connectivity index (χ1v) is 5.41. The Balaban J connectivity index is 3.18. The quantitative estimate of drug-likeness (QED) is 0.298. The lowest BCUT2D eigenvalue weighted by Crippen LogP contribution is -2.35. The molecule has 0 saturated carbocycles. The van der Waals surface area contributed by atoms with E-state index in [1.165, 1.54) is 0 Å². The first-order valence-electron chi connectivity index (χ1n) is 5.41. The third kappa shape index (κ3) is 3.07. The third-order valence-corrected chi connectivity index (χ3v) is 2.46. The first-order chi connectivity index (χ1) is 8.11. The molecule has 0 unspecified atom stereocenters. The number of hydrogen-bond acceptors (Lipinski definition) is 5. The number of aliphatic hydroxyl groups excluding tert-OH is 1. The van der Waals surface area contributed by atoms with E-state index in [4.69, 9.17) is 16.0 Å². The van der Waals surface area contributed by atoms with Crippen LogP contribution in [0.4, 0.5) is 5.69 Å². The van der Waals surface area contributed by atoms with Crippen LogP contribution in [0.5, 0.6) is 0 Å². The molecule has 1 rings (SSSR count). The number of aromatic nitrogens is 1. The highest BCUT2D eigenvalue weighted by Crippen LogP contribution is 2.20. The van der Waals surface area contributed by atoms with Gasteiger partial charge in [0.2, 0.25) is 0 Å². The Kier molecular flexibility index (Phi) is 4.71. The monoisotopic (exact) mass is 238 g/mol. The van der Waals surface area contributed by atoms with Gasteiger partial charge in [0.15, 0.2) is 5.84 Å². The predicted octanol–water partition coefficient (Wildman–Crippen LogP) is 0.383. The number of aliphatic hydroxyl groups is 1. The highest BCUT2D eigenvalue weighted by atomic mass is 16.4. The summed E-state index contributed by atoms with van der Waals surface area (Å²) in [6.45, 7) is 4.50. The maximum Gasteiger partial charge on any atom is 0.172 e. The molecule has 0 radical (unpaired) electrons. The van der Waals surface area contributed by atoms with E-state index in [0.29, 0.717) is 12.1 Å². The van der Waals surface area contributed by atoms with E-state index in [1.807, 2.05) is 18.7 Å². The molecule has 1 aromatic rings. The fourth-order valence-corrected chi connectivity index (χ4v) is 1.65. The van der Waals surface area contributed by atoms with Crippen molar-refractivity contribution in [3.8, 4) is 0 Å². The van der Waals surface area contributed by atoms with Crippen LogP contribution in [0.3, 0.4) is 0 Å². The van der Waals surface area contributed by atoms with Crippen molar-refractivity contribution in [2.75, 3.05) is 18.1 Å². The molecule has 17 heavy (non-hydrogen) atoms. The molecular formula is C11H18N4O2. The Morgan fingerprint density at radius 3 is 2.82 bits per heavy atom. The average Bonchev–Trinajstić information content (AvgIpc) is 2.34. The number of anilines is 1. The number of nitrogens with zero attached hydrogens (tertiary/aromatic N) is 3. The lowest BCUT2D eigenvalue weighted by molar-refractivity contribution is 0.299. The molecule has 0 bridgehead atoms. The molecule has 0 spiro atoms. The Morgan fingerprint density at radius 1 is 1.59 bits per heavy atom. The van der Waals surface area contributed by atoms with Crippen LogP contribution in [-0.2, 0) is 0 Å². The number of nitrogens with two attached hydrogens (primary N) is 1. The Morgan fingerprint density at radius 2 is 2.29 bits per heavy atom. The lowest BCUT2D eigenvalue weighted by Gasteiger charge is -2.29. The van der Waals surface area contributed by atoms with E-state index in [-0.39, 0.29) is 18.5 Å². The van der Waals surface area contributed by atoms with E-state index in [9.17, 15) is 0 Å². The van der Waals surface area contributed by atoms with Crippen molar-refractivity contribution < 1.29 is 10.3 Å². The maximum atomic E-state index is 9.06. The summed E-state index contributed by atoms with van der Waals surface area (Å²) in [5.41, 5.74) is 6.96. The van der Waals surface area contributed by atoms with E-state index < -0.39 is 0 Å². The molecule has 0 aliphatic rings. The number of hydrogen-bond donors (Lipinski definition) is 3. The van der Waals surface area contributed by atoms with Gasteiger partial charge in [0.1, 0.15) is 0 Å². The van der Waals surface area contributed by atoms with Gasteiger partial charge in [-0.3, -0.25) is 4.98 Å². The van der Waals surface area contributed by atoms with Gasteiger partial charge in [-0.05, 0) is 19.9 Å². The average molecular weight is 238 g/mol. The highest BCUT2D eigenvalue weighted by Gasteiger charge is 2.16. The zero-order valence-electron chi connectivity index (χ0n) is 10.0. The van der Waals surface area contributed by atoms with Crippen molar-refractivity contribution in [2.24, 2.45) is 10.9 Å². The molecule has 0 aromatic carbocycles. The maximum absolute atomic E-state index is 9.06. The normalized spacial score (nSPS) is 11.9. The van der Waals surface area contributed by atoms with Crippen molar-refractivity contribution in [3.63, 3.8) is 0 Å². The second-order valence-corrected chi connectivity index (χ2v) is 3.89. The van der Waals surface area contributed by atoms with Gasteiger partial charge in [0, 0.05) is 24.3 Å². The van der Waals surface area contributed by atoms with Gasteiger partial charge in [-0.1, -0.05) is 5.16 Å². The van der Waals surface area contributed by atoms with E-state index in [2.05, 4.69) is 10.1 Å². The molecule has 0 aliphatic heterocycles. The van der Waals surface area contributed by atoms with Crippen LogP contribution in [0.1, 0.15) is 19.4 Å². The number of amidine groups is 1. The van der Waals surface area contributed by atoms with Gasteiger partial charge in [-0.2, -0.15) is 0 Å². The van der Waals surface area contributed by atoms with Crippen molar-refractivity contribution in [3.05, 3.63) is 24.0 Å². The summed E-state index contributed by atoms with van der Waals surface area (Å²) in [6, 6.07) is 1.86.